The summed E-state index contributed by atoms with van der Waals surface area (Å²) >= 11 is 3.36. The van der Waals surface area contributed by atoms with Crippen LogP contribution in [0.2, 0.25) is 0 Å². The van der Waals surface area contributed by atoms with Gasteiger partial charge in [0.25, 0.3) is 5.91 Å². The van der Waals surface area contributed by atoms with E-state index in [1.807, 2.05) is 24.3 Å². The highest BCUT2D eigenvalue weighted by atomic mass is 79.9. The maximum Gasteiger partial charge on any atom is 0.321 e. The Bertz CT molecular complexity index is 953. The predicted octanol–water partition coefficient (Wildman–Crippen LogP) is 3.53. The fourth-order valence-electron chi connectivity index (χ4n) is 3.45. The topological polar surface area (TPSA) is 73.8 Å². The minimum Gasteiger partial charge on any atom is -0.326 e. The van der Waals surface area contributed by atoms with E-state index in [0.717, 1.165) is 4.47 Å². The van der Waals surface area contributed by atoms with Crippen molar-refractivity contribution in [2.24, 2.45) is 4.99 Å². The lowest BCUT2D eigenvalue weighted by Gasteiger charge is -2.37. The maximum absolute atomic E-state index is 13.5. The molecular formula is C20H18BrFN4O2. The van der Waals surface area contributed by atoms with E-state index in [9.17, 15) is 14.0 Å². The molecule has 2 aromatic rings. The Labute approximate surface area is 170 Å². The van der Waals surface area contributed by atoms with E-state index < -0.39 is 11.5 Å². The van der Waals surface area contributed by atoms with Crippen LogP contribution in [0.5, 0.6) is 0 Å². The Kier molecular flexibility index (Phi) is 4.89. The van der Waals surface area contributed by atoms with E-state index in [2.05, 4.69) is 31.6 Å². The molecule has 0 saturated carbocycles. The third-order valence-electron chi connectivity index (χ3n) is 4.96. The van der Waals surface area contributed by atoms with Crippen molar-refractivity contribution in [2.45, 2.75) is 18.5 Å². The van der Waals surface area contributed by atoms with Crippen LogP contribution in [0.15, 0.2) is 58.0 Å². The molecule has 0 radical (unpaired) electrons. The second-order valence-corrected chi connectivity index (χ2v) is 7.80. The van der Waals surface area contributed by atoms with E-state index in [-0.39, 0.29) is 17.6 Å². The highest BCUT2D eigenvalue weighted by molar-refractivity contribution is 9.10. The van der Waals surface area contributed by atoms with E-state index >= 15 is 0 Å². The van der Waals surface area contributed by atoms with Crippen LogP contribution in [0.25, 0.3) is 0 Å². The number of piperidine rings is 1. The summed E-state index contributed by atoms with van der Waals surface area (Å²) in [5, 5.41) is 5.79. The molecule has 0 bridgehead atoms. The lowest BCUT2D eigenvalue weighted by atomic mass is 9.98. The molecule has 8 heteroatoms. The Morgan fingerprint density at radius 3 is 2.57 bits per heavy atom. The average molecular weight is 445 g/mol. The van der Waals surface area contributed by atoms with Crippen molar-refractivity contribution in [2.75, 3.05) is 18.4 Å². The zero-order valence-electron chi connectivity index (χ0n) is 14.9. The van der Waals surface area contributed by atoms with Crippen LogP contribution in [-0.2, 0) is 4.79 Å². The number of hydrogen-bond acceptors (Lipinski definition) is 3. The molecule has 2 heterocycles. The van der Waals surface area contributed by atoms with Crippen LogP contribution in [0, 0.1) is 5.82 Å². The van der Waals surface area contributed by atoms with Gasteiger partial charge in [-0.2, -0.15) is 0 Å². The van der Waals surface area contributed by atoms with Gasteiger partial charge in [-0.05, 0) is 36.4 Å². The monoisotopic (exact) mass is 444 g/mol. The number of anilines is 1. The summed E-state index contributed by atoms with van der Waals surface area (Å²) in [5.41, 5.74) is 0.693. The normalized spacial score (nSPS) is 18.0. The number of halogens is 2. The first-order valence-corrected chi connectivity index (χ1v) is 9.73. The fraction of sp³-hybridized carbons (Fsp3) is 0.250. The highest BCUT2D eigenvalue weighted by Crippen LogP contribution is 2.29. The Morgan fingerprint density at radius 2 is 1.89 bits per heavy atom. The van der Waals surface area contributed by atoms with Gasteiger partial charge in [0.2, 0.25) is 0 Å². The van der Waals surface area contributed by atoms with Crippen molar-refractivity contribution in [1.82, 2.24) is 10.2 Å². The fourth-order valence-corrected chi connectivity index (χ4v) is 3.71. The number of carbonyl (C=O) groups is 2. The van der Waals surface area contributed by atoms with Crippen molar-refractivity contribution in [3.05, 3.63) is 64.4 Å². The summed E-state index contributed by atoms with van der Waals surface area (Å²) in [5.74, 6) is -0.716. The first-order valence-electron chi connectivity index (χ1n) is 8.94. The van der Waals surface area contributed by atoms with Crippen LogP contribution in [0.4, 0.5) is 14.9 Å². The van der Waals surface area contributed by atoms with E-state index in [4.69, 9.17) is 0 Å². The van der Waals surface area contributed by atoms with Crippen molar-refractivity contribution in [1.29, 1.82) is 0 Å². The summed E-state index contributed by atoms with van der Waals surface area (Å²) in [7, 11) is 0. The Hall–Kier alpha value is -2.74. The molecule has 2 aliphatic rings. The molecule has 4 rings (SSSR count). The molecule has 1 spiro atoms. The van der Waals surface area contributed by atoms with Gasteiger partial charge in [-0.3, -0.25) is 9.79 Å². The van der Waals surface area contributed by atoms with Crippen LogP contribution in [0.1, 0.15) is 18.4 Å². The first-order chi connectivity index (χ1) is 13.4. The number of rotatable bonds is 2. The van der Waals surface area contributed by atoms with E-state index in [0.29, 0.717) is 37.2 Å². The first kappa shape index (κ1) is 18.6. The third kappa shape index (κ3) is 3.77. The minimum atomic E-state index is -0.729. The number of aliphatic imine (C=N–C) groups is 1. The molecule has 3 amide bonds. The quantitative estimate of drug-likeness (QED) is 0.743. The zero-order valence-corrected chi connectivity index (χ0v) is 16.5. The molecule has 144 valence electrons. The molecular weight excluding hydrogens is 427 g/mol. The van der Waals surface area contributed by atoms with Crippen LogP contribution in [0.3, 0.4) is 0 Å². The second kappa shape index (κ2) is 7.35. The lowest BCUT2D eigenvalue weighted by molar-refractivity contribution is -0.115. The van der Waals surface area contributed by atoms with Gasteiger partial charge in [0.1, 0.15) is 17.2 Å². The van der Waals surface area contributed by atoms with Gasteiger partial charge in [-0.1, -0.05) is 28.1 Å². The lowest BCUT2D eigenvalue weighted by Crippen LogP contribution is -2.53. The van der Waals surface area contributed by atoms with Gasteiger partial charge < -0.3 is 15.5 Å². The smallest absolute Gasteiger partial charge is 0.321 e. The molecule has 28 heavy (non-hydrogen) atoms. The molecule has 0 unspecified atom stereocenters. The maximum atomic E-state index is 13.5. The summed E-state index contributed by atoms with van der Waals surface area (Å²) in [6.45, 7) is 0.922. The van der Waals surface area contributed by atoms with Crippen molar-refractivity contribution >= 4 is 39.3 Å². The van der Waals surface area contributed by atoms with Gasteiger partial charge in [0, 0.05) is 41.7 Å². The van der Waals surface area contributed by atoms with Gasteiger partial charge in [-0.25, -0.2) is 9.18 Å². The SMILES string of the molecule is O=C1NC2(CCN(C(=O)Nc3ccc(Br)cc3)CC2)N=C1c1cccc(F)c1. The molecule has 0 aromatic heterocycles. The van der Waals surface area contributed by atoms with Gasteiger partial charge >= 0.3 is 6.03 Å². The molecule has 2 aliphatic heterocycles. The van der Waals surface area contributed by atoms with Crippen molar-refractivity contribution in [3.63, 3.8) is 0 Å². The third-order valence-corrected chi connectivity index (χ3v) is 5.49. The van der Waals surface area contributed by atoms with Crippen molar-refractivity contribution in [3.8, 4) is 0 Å². The van der Waals surface area contributed by atoms with Crippen molar-refractivity contribution < 1.29 is 14.0 Å². The molecule has 1 fully saturated rings. The Morgan fingerprint density at radius 1 is 1.18 bits per heavy atom. The minimum absolute atomic E-state index is 0.184. The van der Waals surface area contributed by atoms with Crippen LogP contribution >= 0.6 is 15.9 Å². The van der Waals surface area contributed by atoms with E-state index in [1.54, 1.807) is 17.0 Å². The number of hydrogen-bond donors (Lipinski definition) is 2. The Balaban J connectivity index is 1.42. The van der Waals surface area contributed by atoms with Gasteiger partial charge in [0.15, 0.2) is 0 Å². The summed E-state index contributed by atoms with van der Waals surface area (Å²) in [6, 6.07) is 13.0. The van der Waals surface area contributed by atoms with Gasteiger partial charge in [0.05, 0.1) is 0 Å². The zero-order chi connectivity index (χ0) is 19.7. The standard InChI is InChI=1S/C20H18BrFN4O2/c21-14-4-6-16(7-5-14)23-19(28)26-10-8-20(9-11-26)24-17(18(27)25-20)13-2-1-3-15(22)12-13/h1-7,12H,8-11H2,(H,23,28)(H,25,27). The molecule has 0 atom stereocenters. The molecule has 2 aromatic carbocycles. The molecule has 2 N–H and O–H groups in total. The van der Waals surface area contributed by atoms with E-state index in [1.165, 1.54) is 12.1 Å². The van der Waals surface area contributed by atoms with Gasteiger partial charge in [-0.15, -0.1) is 0 Å². The predicted molar refractivity (Wildman–Crippen MR) is 108 cm³/mol. The second-order valence-electron chi connectivity index (χ2n) is 6.88. The number of amides is 3. The molecule has 6 nitrogen and oxygen atoms in total. The largest absolute Gasteiger partial charge is 0.326 e. The highest BCUT2D eigenvalue weighted by Gasteiger charge is 2.42. The number of likely N-dealkylation sites (tertiary alicyclic amines) is 1. The number of nitrogens with zero attached hydrogens (tertiary/aromatic N) is 2. The number of urea groups is 1. The van der Waals surface area contributed by atoms with Crippen LogP contribution < -0.4 is 10.6 Å². The molecule has 1 saturated heterocycles. The number of carbonyl (C=O) groups excluding carboxylic acids is 2. The summed E-state index contributed by atoms with van der Waals surface area (Å²) in [4.78, 5) is 31.2. The number of benzene rings is 2. The summed E-state index contributed by atoms with van der Waals surface area (Å²) in [6.07, 6.45) is 1.01. The molecule has 0 aliphatic carbocycles. The average Bonchev–Trinajstić information content (AvgIpc) is 3.00. The number of nitrogens with one attached hydrogen (secondary N) is 2. The summed E-state index contributed by atoms with van der Waals surface area (Å²) < 4.78 is 14.4. The van der Waals surface area contributed by atoms with Crippen LogP contribution in [-0.4, -0.2) is 41.3 Å².